The number of para-hydroxylation sites is 1. The number of hydrogen-bond donors (Lipinski definition) is 1. The van der Waals surface area contributed by atoms with Crippen LogP contribution in [0.5, 0.6) is 0 Å². The van der Waals surface area contributed by atoms with Crippen LogP contribution in [0.15, 0.2) is 77.6 Å². The SMILES string of the molecule is Cc1ccc(C(CNC(=O)c2cn(-c3ccccc3)nc2-c2cccnc2)N2CCOCC2)o1. The number of aryl methyl sites for hydroxylation is 1. The van der Waals surface area contributed by atoms with Gasteiger partial charge in [0, 0.05) is 43.8 Å². The minimum Gasteiger partial charge on any atom is -0.465 e. The number of carbonyl (C=O) groups excluding carboxylic acids is 1. The summed E-state index contributed by atoms with van der Waals surface area (Å²) in [5.41, 5.74) is 2.75. The predicted molar refractivity (Wildman–Crippen MR) is 128 cm³/mol. The van der Waals surface area contributed by atoms with Gasteiger partial charge >= 0.3 is 0 Å². The Balaban J connectivity index is 1.42. The molecule has 1 aliphatic heterocycles. The van der Waals surface area contributed by atoms with Gasteiger partial charge in [0.2, 0.25) is 0 Å². The van der Waals surface area contributed by atoms with E-state index < -0.39 is 0 Å². The molecule has 174 valence electrons. The van der Waals surface area contributed by atoms with Crippen molar-refractivity contribution in [3.05, 3.63) is 90.3 Å². The van der Waals surface area contributed by atoms with Gasteiger partial charge in [-0.05, 0) is 43.3 Å². The third-order valence-electron chi connectivity index (χ3n) is 5.95. The molecule has 0 bridgehead atoms. The molecule has 5 rings (SSSR count). The second-order valence-corrected chi connectivity index (χ2v) is 8.24. The highest BCUT2D eigenvalue weighted by molar-refractivity contribution is 5.99. The average Bonchev–Trinajstić information content (AvgIpc) is 3.53. The number of morpholine rings is 1. The van der Waals surface area contributed by atoms with Crippen LogP contribution in [0.3, 0.4) is 0 Å². The summed E-state index contributed by atoms with van der Waals surface area (Å²) in [5.74, 6) is 1.50. The highest BCUT2D eigenvalue weighted by Crippen LogP contribution is 2.25. The van der Waals surface area contributed by atoms with E-state index in [2.05, 4.69) is 15.2 Å². The fourth-order valence-electron chi connectivity index (χ4n) is 4.19. The first-order chi connectivity index (χ1) is 16.7. The fraction of sp³-hybridized carbons (Fsp3) is 0.269. The zero-order valence-corrected chi connectivity index (χ0v) is 19.1. The zero-order chi connectivity index (χ0) is 23.3. The first-order valence-electron chi connectivity index (χ1n) is 11.4. The summed E-state index contributed by atoms with van der Waals surface area (Å²) < 4.78 is 13.2. The summed E-state index contributed by atoms with van der Waals surface area (Å²) in [5, 5.41) is 7.84. The Kier molecular flexibility index (Phi) is 6.51. The average molecular weight is 458 g/mol. The number of ether oxygens (including phenoxy) is 1. The molecule has 0 radical (unpaired) electrons. The molecule has 8 heteroatoms. The monoisotopic (exact) mass is 457 g/mol. The number of furan rings is 1. The lowest BCUT2D eigenvalue weighted by Gasteiger charge is -2.33. The summed E-state index contributed by atoms with van der Waals surface area (Å²) in [6.45, 7) is 5.24. The number of hydrogen-bond acceptors (Lipinski definition) is 6. The van der Waals surface area contributed by atoms with Crippen LogP contribution in [0, 0.1) is 6.92 Å². The molecule has 0 saturated carbocycles. The maximum atomic E-state index is 13.4. The molecule has 1 unspecified atom stereocenters. The van der Waals surface area contributed by atoms with Gasteiger partial charge in [0.05, 0.1) is 30.5 Å². The van der Waals surface area contributed by atoms with Crippen molar-refractivity contribution in [1.82, 2.24) is 25.0 Å². The third kappa shape index (κ3) is 4.78. The van der Waals surface area contributed by atoms with Gasteiger partial charge in [0.25, 0.3) is 5.91 Å². The third-order valence-corrected chi connectivity index (χ3v) is 5.95. The maximum Gasteiger partial charge on any atom is 0.255 e. The number of carbonyl (C=O) groups is 1. The van der Waals surface area contributed by atoms with Crippen molar-refractivity contribution in [2.45, 2.75) is 13.0 Å². The van der Waals surface area contributed by atoms with Crippen LogP contribution in [0.2, 0.25) is 0 Å². The molecule has 0 aliphatic carbocycles. The van der Waals surface area contributed by atoms with Crippen LogP contribution in [0.25, 0.3) is 16.9 Å². The molecule has 0 spiro atoms. The summed E-state index contributed by atoms with van der Waals surface area (Å²) in [4.78, 5) is 19.9. The summed E-state index contributed by atoms with van der Waals surface area (Å²) >= 11 is 0. The summed E-state index contributed by atoms with van der Waals surface area (Å²) in [6, 6.07) is 17.3. The Labute approximate surface area is 198 Å². The molecule has 1 N–H and O–H groups in total. The molecule has 4 heterocycles. The Morgan fingerprint density at radius 2 is 1.91 bits per heavy atom. The molecular formula is C26H27N5O3. The zero-order valence-electron chi connectivity index (χ0n) is 19.1. The van der Waals surface area contributed by atoms with Crippen LogP contribution in [-0.4, -0.2) is 58.4 Å². The van der Waals surface area contributed by atoms with E-state index in [4.69, 9.17) is 14.3 Å². The van der Waals surface area contributed by atoms with Gasteiger partial charge in [0.1, 0.15) is 17.2 Å². The molecule has 1 atom stereocenters. The minimum absolute atomic E-state index is 0.0763. The van der Waals surface area contributed by atoms with Crippen molar-refractivity contribution < 1.29 is 13.9 Å². The lowest BCUT2D eigenvalue weighted by molar-refractivity contribution is 0.0117. The largest absolute Gasteiger partial charge is 0.465 e. The first kappa shape index (κ1) is 22.1. The second kappa shape index (κ2) is 10.0. The minimum atomic E-state index is -0.192. The number of benzene rings is 1. The summed E-state index contributed by atoms with van der Waals surface area (Å²) in [6.07, 6.45) is 5.19. The van der Waals surface area contributed by atoms with Gasteiger partial charge in [0.15, 0.2) is 0 Å². The molecule has 8 nitrogen and oxygen atoms in total. The highest BCUT2D eigenvalue weighted by Gasteiger charge is 2.27. The Bertz CT molecular complexity index is 1230. The van der Waals surface area contributed by atoms with Gasteiger partial charge in [-0.2, -0.15) is 5.10 Å². The maximum absolute atomic E-state index is 13.4. The van der Waals surface area contributed by atoms with E-state index in [9.17, 15) is 4.79 Å². The van der Waals surface area contributed by atoms with E-state index in [-0.39, 0.29) is 11.9 Å². The fourth-order valence-corrected chi connectivity index (χ4v) is 4.19. The van der Waals surface area contributed by atoms with E-state index in [1.807, 2.05) is 61.5 Å². The van der Waals surface area contributed by atoms with E-state index in [0.717, 1.165) is 35.9 Å². The van der Waals surface area contributed by atoms with Crippen LogP contribution in [0.1, 0.15) is 27.9 Å². The van der Waals surface area contributed by atoms with Gasteiger partial charge in [-0.1, -0.05) is 18.2 Å². The normalized spacial score (nSPS) is 15.2. The quantitative estimate of drug-likeness (QED) is 0.456. The Morgan fingerprint density at radius 1 is 1.09 bits per heavy atom. The predicted octanol–water partition coefficient (Wildman–Crippen LogP) is 3.64. The lowest BCUT2D eigenvalue weighted by atomic mass is 10.1. The van der Waals surface area contributed by atoms with Crippen LogP contribution in [-0.2, 0) is 4.74 Å². The smallest absolute Gasteiger partial charge is 0.255 e. The van der Waals surface area contributed by atoms with E-state index in [1.165, 1.54) is 0 Å². The molecule has 4 aromatic rings. The number of nitrogens with one attached hydrogen (secondary N) is 1. The van der Waals surface area contributed by atoms with Crippen molar-refractivity contribution in [2.75, 3.05) is 32.8 Å². The van der Waals surface area contributed by atoms with Crippen LogP contribution < -0.4 is 5.32 Å². The topological polar surface area (TPSA) is 85.4 Å². The molecule has 1 saturated heterocycles. The molecule has 3 aromatic heterocycles. The Morgan fingerprint density at radius 3 is 2.62 bits per heavy atom. The number of pyridine rings is 1. The second-order valence-electron chi connectivity index (χ2n) is 8.24. The first-order valence-corrected chi connectivity index (χ1v) is 11.4. The number of nitrogens with zero attached hydrogens (tertiary/aromatic N) is 4. The van der Waals surface area contributed by atoms with Crippen molar-refractivity contribution in [3.8, 4) is 16.9 Å². The van der Waals surface area contributed by atoms with Gasteiger partial charge in [-0.25, -0.2) is 4.68 Å². The van der Waals surface area contributed by atoms with Crippen LogP contribution in [0.4, 0.5) is 0 Å². The molecular weight excluding hydrogens is 430 g/mol. The van der Waals surface area contributed by atoms with E-state index in [1.54, 1.807) is 23.3 Å². The molecule has 1 amide bonds. The molecule has 34 heavy (non-hydrogen) atoms. The lowest BCUT2D eigenvalue weighted by Crippen LogP contribution is -2.43. The molecule has 1 fully saturated rings. The van der Waals surface area contributed by atoms with E-state index >= 15 is 0 Å². The number of aromatic nitrogens is 3. The molecule has 1 aliphatic rings. The summed E-state index contributed by atoms with van der Waals surface area (Å²) in [7, 11) is 0. The number of rotatable bonds is 7. The highest BCUT2D eigenvalue weighted by atomic mass is 16.5. The van der Waals surface area contributed by atoms with Crippen molar-refractivity contribution in [1.29, 1.82) is 0 Å². The van der Waals surface area contributed by atoms with Crippen molar-refractivity contribution >= 4 is 5.91 Å². The standard InChI is InChI=1S/C26H27N5O3/c1-19-9-10-24(34-19)23(30-12-14-33-15-13-30)17-28-26(32)22-18-31(21-7-3-2-4-8-21)29-25(22)20-6-5-11-27-16-20/h2-11,16,18,23H,12-15,17H2,1H3,(H,28,32). The van der Waals surface area contributed by atoms with E-state index in [0.29, 0.717) is 31.0 Å². The molecule has 1 aromatic carbocycles. The Hall–Kier alpha value is -3.75. The number of amides is 1. The van der Waals surface area contributed by atoms with Gasteiger partial charge in [-0.15, -0.1) is 0 Å². The van der Waals surface area contributed by atoms with Crippen molar-refractivity contribution in [3.63, 3.8) is 0 Å². The van der Waals surface area contributed by atoms with Crippen molar-refractivity contribution in [2.24, 2.45) is 0 Å². The van der Waals surface area contributed by atoms with Crippen LogP contribution >= 0.6 is 0 Å². The van der Waals surface area contributed by atoms with Gasteiger partial charge < -0.3 is 14.5 Å². The van der Waals surface area contributed by atoms with Gasteiger partial charge in [-0.3, -0.25) is 14.7 Å².